The Balaban J connectivity index is 1.59. The number of nitrogens with one attached hydrogen (secondary N) is 1. The highest BCUT2D eigenvalue weighted by molar-refractivity contribution is 5.34. The van der Waals surface area contributed by atoms with E-state index in [0.29, 0.717) is 12.6 Å². The molecule has 0 bridgehead atoms. The topological polar surface area (TPSA) is 21.3 Å². The van der Waals surface area contributed by atoms with Crippen LogP contribution in [0.25, 0.3) is 0 Å². The summed E-state index contributed by atoms with van der Waals surface area (Å²) in [6.45, 7) is -0.665. The average molecular weight is 321 g/mol. The third-order valence-electron chi connectivity index (χ3n) is 3.99. The Morgan fingerprint density at radius 3 is 2.74 bits per heavy atom. The van der Waals surface area contributed by atoms with E-state index in [1.807, 2.05) is 18.2 Å². The maximum absolute atomic E-state index is 12.2. The van der Waals surface area contributed by atoms with Crippen LogP contribution in [-0.4, -0.2) is 12.8 Å². The fourth-order valence-electron chi connectivity index (χ4n) is 2.92. The van der Waals surface area contributed by atoms with Crippen molar-refractivity contribution in [3.8, 4) is 5.75 Å². The summed E-state index contributed by atoms with van der Waals surface area (Å²) in [5, 5.41) is 3.48. The van der Waals surface area contributed by atoms with Crippen molar-refractivity contribution < 1.29 is 17.9 Å². The molecule has 1 aliphatic carbocycles. The summed E-state index contributed by atoms with van der Waals surface area (Å²) < 4.78 is 41.4. The van der Waals surface area contributed by atoms with Gasteiger partial charge in [-0.15, -0.1) is 0 Å². The predicted molar refractivity (Wildman–Crippen MR) is 82.3 cm³/mol. The Morgan fingerprint density at radius 2 is 1.91 bits per heavy atom. The fraction of sp³-hybridized carbons (Fsp3) is 0.333. The molecule has 0 heterocycles. The molecular weight excluding hydrogens is 303 g/mol. The quantitative estimate of drug-likeness (QED) is 0.881. The molecule has 3 rings (SSSR count). The van der Waals surface area contributed by atoms with E-state index in [0.717, 1.165) is 18.4 Å². The average Bonchev–Trinajstić information content (AvgIpc) is 2.94. The summed E-state index contributed by atoms with van der Waals surface area (Å²) in [7, 11) is 0. The summed E-state index contributed by atoms with van der Waals surface area (Å²) in [6, 6.07) is 15.4. The van der Waals surface area contributed by atoms with Gasteiger partial charge in [0, 0.05) is 12.6 Å². The molecule has 0 saturated carbocycles. The number of rotatable bonds is 5. The lowest BCUT2D eigenvalue weighted by Gasteiger charge is -2.15. The van der Waals surface area contributed by atoms with Gasteiger partial charge >= 0.3 is 6.18 Å². The number of fused-ring (bicyclic) bond motifs is 1. The number of halogens is 3. The first-order valence-electron chi connectivity index (χ1n) is 7.61. The standard InChI is InChI=1S/C18H18F3NO/c19-18(20,21)12-23-15-6-3-4-13(10-15)11-22-17-9-8-14-5-1-2-7-16(14)17/h1-7,10,17,22H,8-9,11-12H2. The molecule has 0 spiro atoms. The SMILES string of the molecule is FC(F)(F)COc1cccc(CNC2CCc3ccccc32)c1. The fourth-order valence-corrected chi connectivity index (χ4v) is 2.92. The number of ether oxygens (including phenoxy) is 1. The second-order valence-electron chi connectivity index (χ2n) is 5.72. The summed E-state index contributed by atoms with van der Waals surface area (Å²) in [6.07, 6.45) is -2.21. The normalized spacial score (nSPS) is 17.1. The highest BCUT2D eigenvalue weighted by Gasteiger charge is 2.28. The predicted octanol–water partition coefficient (Wildman–Crippen LogP) is 4.40. The van der Waals surface area contributed by atoms with Crippen LogP contribution in [0.2, 0.25) is 0 Å². The lowest BCUT2D eigenvalue weighted by atomic mass is 10.1. The minimum atomic E-state index is -4.32. The van der Waals surface area contributed by atoms with E-state index in [4.69, 9.17) is 4.74 Å². The molecule has 2 aromatic carbocycles. The molecular formula is C18H18F3NO. The zero-order chi connectivity index (χ0) is 16.3. The van der Waals surface area contributed by atoms with Gasteiger partial charge in [-0.3, -0.25) is 0 Å². The lowest BCUT2D eigenvalue weighted by molar-refractivity contribution is -0.153. The van der Waals surface area contributed by atoms with Crippen molar-refractivity contribution in [2.45, 2.75) is 31.6 Å². The van der Waals surface area contributed by atoms with Crippen molar-refractivity contribution >= 4 is 0 Å². The van der Waals surface area contributed by atoms with E-state index in [-0.39, 0.29) is 5.75 Å². The van der Waals surface area contributed by atoms with Crippen LogP contribution in [0.3, 0.4) is 0 Å². The van der Waals surface area contributed by atoms with Crippen LogP contribution < -0.4 is 10.1 Å². The van der Waals surface area contributed by atoms with E-state index in [1.54, 1.807) is 18.2 Å². The number of benzene rings is 2. The van der Waals surface area contributed by atoms with Gasteiger partial charge in [0.2, 0.25) is 0 Å². The minimum Gasteiger partial charge on any atom is -0.484 e. The van der Waals surface area contributed by atoms with Crippen LogP contribution in [0, 0.1) is 0 Å². The molecule has 122 valence electrons. The molecule has 0 radical (unpaired) electrons. The molecule has 0 saturated heterocycles. The first kappa shape index (κ1) is 15.9. The first-order chi connectivity index (χ1) is 11.0. The number of hydrogen-bond donors (Lipinski definition) is 1. The van der Waals surface area contributed by atoms with Crippen LogP contribution in [0.15, 0.2) is 48.5 Å². The highest BCUT2D eigenvalue weighted by Crippen LogP contribution is 2.31. The lowest BCUT2D eigenvalue weighted by Crippen LogP contribution is -2.20. The third-order valence-corrected chi connectivity index (χ3v) is 3.99. The molecule has 5 heteroatoms. The molecule has 2 aromatic rings. The summed E-state index contributed by atoms with van der Waals surface area (Å²) in [5.41, 5.74) is 3.60. The Hall–Kier alpha value is -2.01. The van der Waals surface area contributed by atoms with E-state index < -0.39 is 12.8 Å². The Bertz CT molecular complexity index is 669. The van der Waals surface area contributed by atoms with Crippen LogP contribution in [0.1, 0.15) is 29.2 Å². The van der Waals surface area contributed by atoms with E-state index in [1.165, 1.54) is 11.1 Å². The second-order valence-corrected chi connectivity index (χ2v) is 5.72. The van der Waals surface area contributed by atoms with Crippen molar-refractivity contribution in [2.75, 3.05) is 6.61 Å². The zero-order valence-corrected chi connectivity index (χ0v) is 12.6. The Morgan fingerprint density at radius 1 is 1.09 bits per heavy atom. The van der Waals surface area contributed by atoms with Crippen molar-refractivity contribution in [3.05, 3.63) is 65.2 Å². The Kier molecular flexibility index (Phi) is 4.57. The summed E-state index contributed by atoms with van der Waals surface area (Å²) >= 11 is 0. The van der Waals surface area contributed by atoms with Crippen LogP contribution >= 0.6 is 0 Å². The number of aryl methyl sites for hydroxylation is 1. The van der Waals surface area contributed by atoms with Gasteiger partial charge in [-0.25, -0.2) is 0 Å². The van der Waals surface area contributed by atoms with E-state index in [9.17, 15) is 13.2 Å². The molecule has 1 atom stereocenters. The highest BCUT2D eigenvalue weighted by atomic mass is 19.4. The Labute approximate surface area is 133 Å². The van der Waals surface area contributed by atoms with Gasteiger partial charge in [-0.05, 0) is 41.7 Å². The number of hydrogen-bond acceptors (Lipinski definition) is 2. The molecule has 0 aromatic heterocycles. The first-order valence-corrected chi connectivity index (χ1v) is 7.61. The second kappa shape index (κ2) is 6.62. The van der Waals surface area contributed by atoms with E-state index >= 15 is 0 Å². The van der Waals surface area contributed by atoms with Gasteiger partial charge in [0.05, 0.1) is 0 Å². The van der Waals surface area contributed by atoms with Gasteiger partial charge < -0.3 is 10.1 Å². The van der Waals surface area contributed by atoms with Crippen LogP contribution in [-0.2, 0) is 13.0 Å². The summed E-state index contributed by atoms with van der Waals surface area (Å²) in [4.78, 5) is 0. The number of alkyl halides is 3. The van der Waals surface area contributed by atoms with Gasteiger partial charge in [-0.2, -0.15) is 13.2 Å². The summed E-state index contributed by atoms with van der Waals surface area (Å²) in [5.74, 6) is 0.244. The molecule has 1 unspecified atom stereocenters. The molecule has 1 N–H and O–H groups in total. The molecule has 0 aliphatic heterocycles. The molecule has 1 aliphatic rings. The molecule has 2 nitrogen and oxygen atoms in total. The largest absolute Gasteiger partial charge is 0.484 e. The van der Waals surface area contributed by atoms with Gasteiger partial charge in [0.1, 0.15) is 5.75 Å². The van der Waals surface area contributed by atoms with E-state index in [2.05, 4.69) is 17.4 Å². The van der Waals surface area contributed by atoms with Crippen molar-refractivity contribution in [3.63, 3.8) is 0 Å². The smallest absolute Gasteiger partial charge is 0.422 e. The van der Waals surface area contributed by atoms with Gasteiger partial charge in [-0.1, -0.05) is 36.4 Å². The molecule has 0 fully saturated rings. The van der Waals surface area contributed by atoms with Gasteiger partial charge in [0.25, 0.3) is 0 Å². The van der Waals surface area contributed by atoms with Gasteiger partial charge in [0.15, 0.2) is 6.61 Å². The van der Waals surface area contributed by atoms with Crippen molar-refractivity contribution in [1.82, 2.24) is 5.32 Å². The van der Waals surface area contributed by atoms with Crippen molar-refractivity contribution in [1.29, 1.82) is 0 Å². The maximum Gasteiger partial charge on any atom is 0.422 e. The monoisotopic (exact) mass is 321 g/mol. The van der Waals surface area contributed by atoms with Crippen LogP contribution in [0.4, 0.5) is 13.2 Å². The molecule has 23 heavy (non-hydrogen) atoms. The minimum absolute atomic E-state index is 0.244. The maximum atomic E-state index is 12.2. The van der Waals surface area contributed by atoms with Crippen molar-refractivity contribution in [2.24, 2.45) is 0 Å². The molecule has 0 amide bonds. The third kappa shape index (κ3) is 4.26. The van der Waals surface area contributed by atoms with Crippen LogP contribution in [0.5, 0.6) is 5.75 Å². The zero-order valence-electron chi connectivity index (χ0n) is 12.6.